The number of rotatable bonds is 5. The first-order valence-electron chi connectivity index (χ1n) is 10.6. The van der Waals surface area contributed by atoms with E-state index in [1.54, 1.807) is 0 Å². The lowest BCUT2D eigenvalue weighted by Gasteiger charge is -2.17. The predicted molar refractivity (Wildman–Crippen MR) is 119 cm³/mol. The van der Waals surface area contributed by atoms with E-state index in [-0.39, 0.29) is 28.3 Å². The molecule has 0 bridgehead atoms. The van der Waals surface area contributed by atoms with Crippen molar-refractivity contribution in [2.45, 2.75) is 32.7 Å². The number of carboxylic acid groups (broad SMARTS) is 2. The monoisotopic (exact) mass is 529 g/mol. The normalized spacial score (nSPS) is 12.7. The van der Waals surface area contributed by atoms with E-state index in [0.717, 1.165) is 26.9 Å². The number of aromatic carboxylic acids is 2. The molecular formula is C24H20F5NO7. The fourth-order valence-electron chi connectivity index (χ4n) is 3.85. The Bertz CT molecular complexity index is 1510. The highest BCUT2D eigenvalue weighted by atomic mass is 19.2. The molecule has 2 N–H and O–H groups in total. The standard InChI is InChI=1S/C15H13F2NO4.C9H7F3O3/c1-6-9-12(14(22-2)11(17)10(6)16)18(7-3-4-7)5-8(13(9)19)15(20)21;1-3-4(9(13)14)6(11)8(15-2)7(12)5(3)10/h5,7H,3-4H2,1-2H3,(H,20,21);1-2H3,(H,13,14). The van der Waals surface area contributed by atoms with E-state index in [2.05, 4.69) is 4.74 Å². The van der Waals surface area contributed by atoms with Crippen LogP contribution in [0.1, 0.15) is 50.7 Å². The Kier molecular flexibility index (Phi) is 7.46. The van der Waals surface area contributed by atoms with Gasteiger partial charge in [0, 0.05) is 23.4 Å². The highest BCUT2D eigenvalue weighted by Crippen LogP contribution is 2.41. The number of nitrogens with zero attached hydrogens (tertiary/aromatic N) is 1. The van der Waals surface area contributed by atoms with E-state index < -0.39 is 68.9 Å². The number of carboxylic acids is 2. The molecule has 1 aromatic heterocycles. The van der Waals surface area contributed by atoms with Crippen LogP contribution in [0.5, 0.6) is 11.5 Å². The number of aromatic nitrogens is 1. The Morgan fingerprint density at radius 3 is 1.81 bits per heavy atom. The first kappa shape index (κ1) is 27.4. The molecule has 1 saturated carbocycles. The van der Waals surface area contributed by atoms with Crippen LogP contribution >= 0.6 is 0 Å². The summed E-state index contributed by atoms with van der Waals surface area (Å²) in [5.41, 5.74) is -2.93. The van der Waals surface area contributed by atoms with Crippen LogP contribution < -0.4 is 14.9 Å². The Labute approximate surface area is 205 Å². The van der Waals surface area contributed by atoms with Gasteiger partial charge in [0.2, 0.25) is 17.1 Å². The first-order chi connectivity index (χ1) is 17.3. The van der Waals surface area contributed by atoms with Crippen molar-refractivity contribution in [1.82, 2.24) is 4.57 Å². The van der Waals surface area contributed by atoms with Crippen LogP contribution in [0.15, 0.2) is 11.0 Å². The highest BCUT2D eigenvalue weighted by molar-refractivity contribution is 5.96. The fourth-order valence-corrected chi connectivity index (χ4v) is 3.85. The van der Waals surface area contributed by atoms with Crippen LogP contribution in [0.2, 0.25) is 0 Å². The summed E-state index contributed by atoms with van der Waals surface area (Å²) in [5, 5.41) is 17.6. The van der Waals surface area contributed by atoms with Gasteiger partial charge in [-0.1, -0.05) is 0 Å². The van der Waals surface area contributed by atoms with Crippen molar-refractivity contribution in [1.29, 1.82) is 0 Å². The summed E-state index contributed by atoms with van der Waals surface area (Å²) in [6, 6.07) is -0.0423. The van der Waals surface area contributed by atoms with Crippen molar-refractivity contribution >= 4 is 22.8 Å². The van der Waals surface area contributed by atoms with Crippen molar-refractivity contribution in [3.8, 4) is 11.5 Å². The summed E-state index contributed by atoms with van der Waals surface area (Å²) in [5.74, 6) is -11.2. The number of ether oxygens (including phenoxy) is 2. The average molecular weight is 529 g/mol. The molecule has 13 heteroatoms. The van der Waals surface area contributed by atoms with Crippen LogP contribution in [-0.4, -0.2) is 40.9 Å². The second kappa shape index (κ2) is 10.1. The van der Waals surface area contributed by atoms with Crippen LogP contribution in [0, 0.1) is 42.9 Å². The zero-order valence-electron chi connectivity index (χ0n) is 19.8. The van der Waals surface area contributed by atoms with Gasteiger partial charge in [0.15, 0.2) is 29.0 Å². The first-order valence-corrected chi connectivity index (χ1v) is 10.6. The quantitative estimate of drug-likeness (QED) is 0.362. The minimum atomic E-state index is -1.68. The maximum Gasteiger partial charge on any atom is 0.341 e. The summed E-state index contributed by atoms with van der Waals surface area (Å²) in [6.45, 7) is 2.23. The Balaban J connectivity index is 0.000000222. The smallest absolute Gasteiger partial charge is 0.341 e. The minimum absolute atomic E-state index is 0.0423. The van der Waals surface area contributed by atoms with Crippen LogP contribution in [0.3, 0.4) is 0 Å². The third-order valence-electron chi connectivity index (χ3n) is 5.85. The molecule has 0 saturated heterocycles. The molecule has 4 rings (SSSR count). The topological polar surface area (TPSA) is 115 Å². The number of methoxy groups -OCH3 is 2. The van der Waals surface area contributed by atoms with Crippen LogP contribution in [0.4, 0.5) is 22.0 Å². The van der Waals surface area contributed by atoms with E-state index in [9.17, 15) is 41.4 Å². The molecular weight excluding hydrogens is 509 g/mol. The number of carbonyl (C=O) groups is 2. The van der Waals surface area contributed by atoms with E-state index in [0.29, 0.717) is 0 Å². The molecule has 1 aliphatic rings. The molecule has 0 amide bonds. The lowest BCUT2D eigenvalue weighted by atomic mass is 10.0. The summed E-state index contributed by atoms with van der Waals surface area (Å²) in [4.78, 5) is 34.2. The third kappa shape index (κ3) is 4.56. The number of aryl methyl sites for hydroxylation is 1. The van der Waals surface area contributed by atoms with Gasteiger partial charge < -0.3 is 24.3 Å². The maximum absolute atomic E-state index is 14.1. The molecule has 0 aliphatic heterocycles. The molecule has 0 atom stereocenters. The van der Waals surface area contributed by atoms with Gasteiger partial charge in [0.1, 0.15) is 11.1 Å². The number of pyridine rings is 1. The second-order valence-electron chi connectivity index (χ2n) is 8.11. The summed E-state index contributed by atoms with van der Waals surface area (Å²) >= 11 is 0. The minimum Gasteiger partial charge on any atom is -0.491 e. The van der Waals surface area contributed by atoms with Crippen LogP contribution in [0.25, 0.3) is 10.9 Å². The number of halogens is 5. The zero-order chi connectivity index (χ0) is 27.9. The van der Waals surface area contributed by atoms with Crippen LogP contribution in [-0.2, 0) is 0 Å². The van der Waals surface area contributed by atoms with Gasteiger partial charge in [0.25, 0.3) is 0 Å². The fraction of sp³-hybridized carbons (Fsp3) is 0.292. The molecule has 1 fully saturated rings. The van der Waals surface area contributed by atoms with Crippen molar-refractivity contribution in [3.63, 3.8) is 0 Å². The average Bonchev–Trinajstić information content (AvgIpc) is 3.67. The van der Waals surface area contributed by atoms with Crippen molar-refractivity contribution < 1.29 is 51.2 Å². The van der Waals surface area contributed by atoms with E-state index >= 15 is 0 Å². The Morgan fingerprint density at radius 1 is 0.838 bits per heavy atom. The lowest BCUT2D eigenvalue weighted by Crippen LogP contribution is -2.21. The van der Waals surface area contributed by atoms with Crippen molar-refractivity contribution in [3.05, 3.63) is 67.8 Å². The molecule has 8 nitrogen and oxygen atoms in total. The number of benzene rings is 2. The predicted octanol–water partition coefficient (Wildman–Crippen LogP) is 4.75. The molecule has 2 aromatic carbocycles. The number of hydrogen-bond acceptors (Lipinski definition) is 5. The van der Waals surface area contributed by atoms with Gasteiger partial charge in [-0.05, 0) is 26.7 Å². The zero-order valence-corrected chi connectivity index (χ0v) is 19.8. The van der Waals surface area contributed by atoms with E-state index in [1.807, 2.05) is 0 Å². The van der Waals surface area contributed by atoms with Gasteiger partial charge in [-0.3, -0.25) is 4.79 Å². The van der Waals surface area contributed by atoms with Gasteiger partial charge >= 0.3 is 11.9 Å². The summed E-state index contributed by atoms with van der Waals surface area (Å²) in [7, 11) is 2.10. The third-order valence-corrected chi connectivity index (χ3v) is 5.85. The van der Waals surface area contributed by atoms with Gasteiger partial charge in [-0.2, -0.15) is 8.78 Å². The molecule has 37 heavy (non-hydrogen) atoms. The molecule has 1 aliphatic carbocycles. The molecule has 0 unspecified atom stereocenters. The summed E-state index contributed by atoms with van der Waals surface area (Å²) < 4.78 is 78.3. The lowest BCUT2D eigenvalue weighted by molar-refractivity contribution is 0.0680. The largest absolute Gasteiger partial charge is 0.491 e. The molecule has 0 radical (unpaired) electrons. The van der Waals surface area contributed by atoms with Crippen molar-refractivity contribution in [2.75, 3.05) is 14.2 Å². The Hall–Kier alpha value is -4.16. The molecule has 198 valence electrons. The highest BCUT2D eigenvalue weighted by Gasteiger charge is 2.31. The SMILES string of the molecule is COc1c(F)c(F)c(C)c(C(=O)O)c1F.COc1c(F)c(F)c(C)c2c(=O)c(C(=O)O)cn(C3CC3)c12. The second-order valence-corrected chi connectivity index (χ2v) is 8.11. The van der Waals surface area contributed by atoms with Gasteiger partial charge in [-0.25, -0.2) is 22.8 Å². The Morgan fingerprint density at radius 2 is 1.35 bits per heavy atom. The molecule has 3 aromatic rings. The number of hydrogen-bond donors (Lipinski definition) is 2. The van der Waals surface area contributed by atoms with Crippen molar-refractivity contribution in [2.24, 2.45) is 0 Å². The number of fused-ring (bicyclic) bond motifs is 1. The maximum atomic E-state index is 14.1. The summed E-state index contributed by atoms with van der Waals surface area (Å²) in [6.07, 6.45) is 2.74. The molecule has 1 heterocycles. The van der Waals surface area contributed by atoms with E-state index in [1.165, 1.54) is 24.8 Å². The van der Waals surface area contributed by atoms with Gasteiger partial charge in [-0.15, -0.1) is 0 Å². The molecule has 0 spiro atoms. The van der Waals surface area contributed by atoms with E-state index in [4.69, 9.17) is 9.84 Å². The van der Waals surface area contributed by atoms with Gasteiger partial charge in [0.05, 0.1) is 25.1 Å².